The molecule has 4 nitrogen and oxygen atoms in total. The van der Waals surface area contributed by atoms with Gasteiger partial charge in [-0.3, -0.25) is 10.1 Å². The topological polar surface area (TPSA) is 67.0 Å². The first-order valence-corrected chi connectivity index (χ1v) is 2.79. The number of hydrogen-bond donors (Lipinski definition) is 1. The standard InChI is InChI=1S/C6H6N2O2/c7-5-2-1-3-6(4-5)8(9)10/h1-3,7H,4H2. The van der Waals surface area contributed by atoms with E-state index in [9.17, 15) is 10.1 Å². The molecule has 52 valence electrons. The lowest BCUT2D eigenvalue weighted by molar-refractivity contribution is -0.426. The van der Waals surface area contributed by atoms with Gasteiger partial charge in [-0.15, -0.1) is 0 Å². The Balaban J connectivity index is 2.80. The maximum absolute atomic E-state index is 10.1. The molecule has 4 heteroatoms. The Kier molecular flexibility index (Phi) is 1.62. The Morgan fingerprint density at radius 1 is 1.70 bits per heavy atom. The van der Waals surface area contributed by atoms with E-state index in [1.54, 1.807) is 6.08 Å². The lowest BCUT2D eigenvalue weighted by Gasteiger charge is -1.99. The van der Waals surface area contributed by atoms with Crippen molar-refractivity contribution in [2.24, 2.45) is 0 Å². The van der Waals surface area contributed by atoms with E-state index in [1.165, 1.54) is 12.2 Å². The van der Waals surface area contributed by atoms with Crippen molar-refractivity contribution >= 4 is 5.71 Å². The van der Waals surface area contributed by atoms with Crippen molar-refractivity contribution in [3.8, 4) is 0 Å². The summed E-state index contributed by atoms with van der Waals surface area (Å²) in [4.78, 5) is 9.65. The molecule has 0 aromatic heterocycles. The van der Waals surface area contributed by atoms with Crippen LogP contribution >= 0.6 is 0 Å². The number of rotatable bonds is 1. The molecule has 0 spiro atoms. The fraction of sp³-hybridized carbons (Fsp3) is 0.167. The summed E-state index contributed by atoms with van der Waals surface area (Å²) in [6.45, 7) is 0. The molecule has 0 atom stereocenters. The predicted octanol–water partition coefficient (Wildman–Crippen LogP) is 1.13. The maximum atomic E-state index is 10.1. The molecule has 1 N–H and O–H groups in total. The maximum Gasteiger partial charge on any atom is 0.252 e. The molecule has 0 unspecified atom stereocenters. The van der Waals surface area contributed by atoms with Gasteiger partial charge in [-0.05, 0) is 6.08 Å². The van der Waals surface area contributed by atoms with Gasteiger partial charge in [-0.2, -0.15) is 0 Å². The molecular formula is C6H6N2O2. The van der Waals surface area contributed by atoms with Crippen molar-refractivity contribution in [3.63, 3.8) is 0 Å². The van der Waals surface area contributed by atoms with Crippen LogP contribution in [0.2, 0.25) is 0 Å². The summed E-state index contributed by atoms with van der Waals surface area (Å²) in [5.41, 5.74) is 0.377. The van der Waals surface area contributed by atoms with Gasteiger partial charge in [-0.1, -0.05) is 6.08 Å². The Morgan fingerprint density at radius 3 is 2.80 bits per heavy atom. The zero-order valence-electron chi connectivity index (χ0n) is 5.20. The average molecular weight is 138 g/mol. The Bertz CT molecular complexity index is 240. The number of nitrogens with one attached hydrogen (secondary N) is 1. The quantitative estimate of drug-likeness (QED) is 0.436. The summed E-state index contributed by atoms with van der Waals surface area (Å²) >= 11 is 0. The van der Waals surface area contributed by atoms with E-state index in [0.717, 1.165) is 0 Å². The van der Waals surface area contributed by atoms with Crippen LogP contribution in [0.4, 0.5) is 0 Å². The molecule has 0 heterocycles. The van der Waals surface area contributed by atoms with Crippen LogP contribution in [0.25, 0.3) is 0 Å². The Labute approximate surface area is 57.5 Å². The summed E-state index contributed by atoms with van der Waals surface area (Å²) in [7, 11) is 0. The number of hydrogen-bond acceptors (Lipinski definition) is 3. The van der Waals surface area contributed by atoms with Crippen LogP contribution < -0.4 is 0 Å². The zero-order chi connectivity index (χ0) is 7.56. The number of nitro groups is 1. The fourth-order valence-electron chi connectivity index (χ4n) is 0.714. The number of nitrogens with zero attached hydrogens (tertiary/aromatic N) is 1. The second kappa shape index (κ2) is 2.43. The van der Waals surface area contributed by atoms with Gasteiger partial charge >= 0.3 is 0 Å². The summed E-state index contributed by atoms with van der Waals surface area (Å²) in [5, 5.41) is 17.2. The third kappa shape index (κ3) is 1.28. The van der Waals surface area contributed by atoms with E-state index in [4.69, 9.17) is 5.41 Å². The molecule has 0 radical (unpaired) electrons. The van der Waals surface area contributed by atoms with Crippen LogP contribution in [0, 0.1) is 15.5 Å². The van der Waals surface area contributed by atoms with Crippen LogP contribution in [0.3, 0.4) is 0 Å². The van der Waals surface area contributed by atoms with Gasteiger partial charge < -0.3 is 5.41 Å². The second-order valence-electron chi connectivity index (χ2n) is 1.98. The SMILES string of the molecule is N=C1C=CC=C([N+](=O)[O-])C1. The highest BCUT2D eigenvalue weighted by Crippen LogP contribution is 2.08. The highest BCUT2D eigenvalue weighted by Gasteiger charge is 2.13. The van der Waals surface area contributed by atoms with Crippen LogP contribution in [0.5, 0.6) is 0 Å². The molecule has 0 aromatic carbocycles. The van der Waals surface area contributed by atoms with Crippen molar-refractivity contribution in [1.82, 2.24) is 0 Å². The monoisotopic (exact) mass is 138 g/mol. The third-order valence-corrected chi connectivity index (χ3v) is 1.19. The Morgan fingerprint density at radius 2 is 2.40 bits per heavy atom. The van der Waals surface area contributed by atoms with Crippen LogP contribution in [0.15, 0.2) is 23.9 Å². The molecular weight excluding hydrogens is 132 g/mol. The molecule has 0 saturated heterocycles. The van der Waals surface area contributed by atoms with Gasteiger partial charge in [0, 0.05) is 11.8 Å². The van der Waals surface area contributed by atoms with Crippen LogP contribution in [-0.2, 0) is 0 Å². The third-order valence-electron chi connectivity index (χ3n) is 1.19. The summed E-state index contributed by atoms with van der Waals surface area (Å²) in [6.07, 6.45) is 4.62. The minimum absolute atomic E-state index is 0.0903. The van der Waals surface area contributed by atoms with Crippen molar-refractivity contribution in [3.05, 3.63) is 34.0 Å². The molecule has 0 aliphatic heterocycles. The van der Waals surface area contributed by atoms with Crippen LogP contribution in [-0.4, -0.2) is 10.6 Å². The van der Waals surface area contributed by atoms with Gasteiger partial charge in [0.05, 0.1) is 11.3 Å². The van der Waals surface area contributed by atoms with Gasteiger partial charge in [0.15, 0.2) is 0 Å². The largest absolute Gasteiger partial charge is 0.305 e. The average Bonchev–Trinajstić information content (AvgIpc) is 1.88. The molecule has 1 aliphatic rings. The van der Waals surface area contributed by atoms with Crippen LogP contribution in [0.1, 0.15) is 6.42 Å². The summed E-state index contributed by atoms with van der Waals surface area (Å²) in [6, 6.07) is 0. The van der Waals surface area contributed by atoms with E-state index in [0.29, 0.717) is 0 Å². The highest BCUT2D eigenvalue weighted by molar-refractivity contribution is 5.94. The van der Waals surface area contributed by atoms with Crippen molar-refractivity contribution in [2.45, 2.75) is 6.42 Å². The van der Waals surface area contributed by atoms with Crippen molar-refractivity contribution < 1.29 is 4.92 Å². The Hall–Kier alpha value is -1.45. The molecule has 0 amide bonds. The summed E-state index contributed by atoms with van der Waals surface area (Å²) < 4.78 is 0. The smallest absolute Gasteiger partial charge is 0.252 e. The highest BCUT2D eigenvalue weighted by atomic mass is 16.6. The predicted molar refractivity (Wildman–Crippen MR) is 36.6 cm³/mol. The second-order valence-corrected chi connectivity index (χ2v) is 1.98. The molecule has 10 heavy (non-hydrogen) atoms. The molecule has 1 rings (SSSR count). The first-order chi connectivity index (χ1) is 4.70. The molecule has 0 saturated carbocycles. The van der Waals surface area contributed by atoms with E-state index in [1.807, 2.05) is 0 Å². The summed E-state index contributed by atoms with van der Waals surface area (Å²) in [5.74, 6) is 0. The van der Waals surface area contributed by atoms with Gasteiger partial charge in [0.25, 0.3) is 5.70 Å². The van der Waals surface area contributed by atoms with Gasteiger partial charge in [0.2, 0.25) is 0 Å². The van der Waals surface area contributed by atoms with E-state index in [2.05, 4.69) is 0 Å². The molecule has 0 aromatic rings. The van der Waals surface area contributed by atoms with Gasteiger partial charge in [-0.25, -0.2) is 0 Å². The van der Waals surface area contributed by atoms with E-state index < -0.39 is 4.92 Å². The number of allylic oxidation sites excluding steroid dienone is 4. The van der Waals surface area contributed by atoms with E-state index >= 15 is 0 Å². The molecule has 0 bridgehead atoms. The lowest BCUT2D eigenvalue weighted by atomic mass is 10.1. The molecule has 1 aliphatic carbocycles. The minimum Gasteiger partial charge on any atom is -0.305 e. The van der Waals surface area contributed by atoms with Gasteiger partial charge in [0.1, 0.15) is 0 Å². The van der Waals surface area contributed by atoms with Crippen molar-refractivity contribution in [1.29, 1.82) is 5.41 Å². The lowest BCUT2D eigenvalue weighted by Crippen LogP contribution is -2.06. The van der Waals surface area contributed by atoms with E-state index in [-0.39, 0.29) is 17.8 Å². The first-order valence-electron chi connectivity index (χ1n) is 2.79. The molecule has 0 fully saturated rings. The first kappa shape index (κ1) is 6.67. The van der Waals surface area contributed by atoms with Crippen molar-refractivity contribution in [2.75, 3.05) is 0 Å². The minimum atomic E-state index is -0.460. The normalized spacial score (nSPS) is 16.8. The zero-order valence-corrected chi connectivity index (χ0v) is 5.20. The fourth-order valence-corrected chi connectivity index (χ4v) is 0.714.